The summed E-state index contributed by atoms with van der Waals surface area (Å²) in [7, 11) is 0. The van der Waals surface area contributed by atoms with Gasteiger partial charge in [0.15, 0.2) is 0 Å². The monoisotopic (exact) mass is 249 g/mol. The van der Waals surface area contributed by atoms with E-state index in [1.807, 2.05) is 12.1 Å². The zero-order valence-corrected chi connectivity index (χ0v) is 11.1. The molecule has 2 heteroatoms. The molecule has 0 aromatic heterocycles. The molecule has 2 fully saturated rings. The summed E-state index contributed by atoms with van der Waals surface area (Å²) >= 11 is 5.90. The molecule has 0 radical (unpaired) electrons. The van der Waals surface area contributed by atoms with Crippen molar-refractivity contribution < 1.29 is 0 Å². The molecule has 0 aliphatic heterocycles. The number of halogens is 1. The molecule has 0 heterocycles. The zero-order valence-electron chi connectivity index (χ0n) is 10.4. The Kier molecular flexibility index (Phi) is 2.92. The summed E-state index contributed by atoms with van der Waals surface area (Å²) in [5, 5.41) is 4.54. The predicted molar refractivity (Wildman–Crippen MR) is 72.6 cm³/mol. The van der Waals surface area contributed by atoms with Gasteiger partial charge in [0.25, 0.3) is 0 Å². The average molecular weight is 250 g/mol. The van der Waals surface area contributed by atoms with Gasteiger partial charge in [-0.05, 0) is 54.7 Å². The molecule has 2 aliphatic rings. The van der Waals surface area contributed by atoms with Crippen molar-refractivity contribution >= 4 is 11.6 Å². The van der Waals surface area contributed by atoms with Crippen LogP contribution in [0.1, 0.15) is 44.1 Å². The van der Waals surface area contributed by atoms with Crippen LogP contribution in [0.3, 0.4) is 0 Å². The van der Waals surface area contributed by atoms with Crippen molar-refractivity contribution in [1.29, 1.82) is 0 Å². The Morgan fingerprint density at radius 1 is 1.24 bits per heavy atom. The van der Waals surface area contributed by atoms with Gasteiger partial charge in [-0.2, -0.15) is 0 Å². The van der Waals surface area contributed by atoms with Crippen molar-refractivity contribution in [3.8, 4) is 0 Å². The quantitative estimate of drug-likeness (QED) is 0.851. The summed E-state index contributed by atoms with van der Waals surface area (Å²) < 4.78 is 0. The minimum atomic E-state index is 0.630. The maximum absolute atomic E-state index is 5.90. The highest BCUT2D eigenvalue weighted by Gasteiger charge is 2.38. The van der Waals surface area contributed by atoms with Crippen LogP contribution in [0.4, 0.5) is 0 Å². The Morgan fingerprint density at radius 3 is 2.47 bits per heavy atom. The van der Waals surface area contributed by atoms with Gasteiger partial charge in [0.1, 0.15) is 0 Å². The van der Waals surface area contributed by atoms with Crippen LogP contribution in [-0.4, -0.2) is 12.6 Å². The minimum Gasteiger partial charge on any atom is -0.313 e. The van der Waals surface area contributed by atoms with Crippen LogP contribution in [0.15, 0.2) is 24.3 Å². The van der Waals surface area contributed by atoms with E-state index < -0.39 is 0 Å². The van der Waals surface area contributed by atoms with Gasteiger partial charge in [-0.3, -0.25) is 0 Å². The molecule has 1 N–H and O–H groups in total. The first-order chi connectivity index (χ1) is 8.15. The summed E-state index contributed by atoms with van der Waals surface area (Å²) in [5.41, 5.74) is 2.08. The molecule has 1 aromatic carbocycles. The summed E-state index contributed by atoms with van der Waals surface area (Å²) in [4.78, 5) is 0. The van der Waals surface area contributed by atoms with E-state index in [-0.39, 0.29) is 0 Å². The lowest BCUT2D eigenvalue weighted by Gasteiger charge is -2.37. The summed E-state index contributed by atoms with van der Waals surface area (Å²) in [6.45, 7) is 3.60. The Hall–Kier alpha value is -0.530. The molecule has 3 rings (SSSR count). The fourth-order valence-corrected chi connectivity index (χ4v) is 2.70. The first-order valence-corrected chi connectivity index (χ1v) is 7.01. The highest BCUT2D eigenvalue weighted by Crippen LogP contribution is 2.45. The van der Waals surface area contributed by atoms with Gasteiger partial charge in [-0.15, -0.1) is 0 Å². The van der Waals surface area contributed by atoms with Crippen LogP contribution in [0.5, 0.6) is 0 Å². The fraction of sp³-hybridized carbons (Fsp3) is 0.600. The SMILES string of the molecule is CC1(CNC2CC(c3ccc(Cl)cc3)C2)CC1. The number of nitrogens with one attached hydrogen (secondary N) is 1. The molecule has 0 spiro atoms. The lowest BCUT2D eigenvalue weighted by molar-refractivity contribution is 0.275. The van der Waals surface area contributed by atoms with Crippen LogP contribution in [0.2, 0.25) is 5.02 Å². The third-order valence-electron chi connectivity index (χ3n) is 4.40. The zero-order chi connectivity index (χ0) is 11.9. The molecule has 0 bridgehead atoms. The van der Waals surface area contributed by atoms with Crippen molar-refractivity contribution in [3.63, 3.8) is 0 Å². The molecular weight excluding hydrogens is 230 g/mol. The number of rotatable bonds is 4. The van der Waals surface area contributed by atoms with Crippen molar-refractivity contribution in [1.82, 2.24) is 5.32 Å². The van der Waals surface area contributed by atoms with E-state index in [2.05, 4.69) is 24.4 Å². The second-order valence-electron chi connectivity index (χ2n) is 6.11. The lowest BCUT2D eigenvalue weighted by atomic mass is 9.76. The Morgan fingerprint density at radius 2 is 1.88 bits per heavy atom. The molecule has 92 valence electrons. The standard InChI is InChI=1S/C15H20ClN/c1-15(6-7-15)10-17-14-8-12(9-14)11-2-4-13(16)5-3-11/h2-5,12,14,17H,6-10H2,1H3. The van der Waals surface area contributed by atoms with E-state index in [9.17, 15) is 0 Å². The van der Waals surface area contributed by atoms with E-state index in [4.69, 9.17) is 11.6 Å². The Labute approximate surface area is 109 Å². The highest BCUT2D eigenvalue weighted by atomic mass is 35.5. The third-order valence-corrected chi connectivity index (χ3v) is 4.65. The van der Waals surface area contributed by atoms with Gasteiger partial charge in [-0.1, -0.05) is 30.7 Å². The minimum absolute atomic E-state index is 0.630. The molecular formula is C15H20ClN. The largest absolute Gasteiger partial charge is 0.313 e. The van der Waals surface area contributed by atoms with Crippen molar-refractivity contribution in [2.45, 2.75) is 44.6 Å². The van der Waals surface area contributed by atoms with Crippen LogP contribution in [-0.2, 0) is 0 Å². The van der Waals surface area contributed by atoms with Crippen molar-refractivity contribution in [2.24, 2.45) is 5.41 Å². The smallest absolute Gasteiger partial charge is 0.0406 e. The van der Waals surface area contributed by atoms with Gasteiger partial charge in [0.2, 0.25) is 0 Å². The first-order valence-electron chi connectivity index (χ1n) is 6.63. The number of hydrogen-bond donors (Lipinski definition) is 1. The fourth-order valence-electron chi connectivity index (χ4n) is 2.57. The van der Waals surface area contributed by atoms with Gasteiger partial charge in [0, 0.05) is 17.6 Å². The van der Waals surface area contributed by atoms with Crippen molar-refractivity contribution in [2.75, 3.05) is 6.54 Å². The summed E-state index contributed by atoms with van der Waals surface area (Å²) in [5.74, 6) is 0.747. The highest BCUT2D eigenvalue weighted by molar-refractivity contribution is 6.30. The molecule has 17 heavy (non-hydrogen) atoms. The second-order valence-corrected chi connectivity index (χ2v) is 6.54. The van der Waals surface area contributed by atoms with Crippen LogP contribution in [0.25, 0.3) is 0 Å². The number of hydrogen-bond acceptors (Lipinski definition) is 1. The maximum atomic E-state index is 5.90. The summed E-state index contributed by atoms with van der Waals surface area (Å²) in [6, 6.07) is 9.09. The van der Waals surface area contributed by atoms with E-state index in [0.29, 0.717) is 5.41 Å². The van der Waals surface area contributed by atoms with Crippen molar-refractivity contribution in [3.05, 3.63) is 34.9 Å². The summed E-state index contributed by atoms with van der Waals surface area (Å²) in [6.07, 6.45) is 5.40. The van der Waals surface area contributed by atoms with Crippen LogP contribution >= 0.6 is 11.6 Å². The molecule has 2 aliphatic carbocycles. The molecule has 0 unspecified atom stereocenters. The molecule has 2 saturated carbocycles. The lowest BCUT2D eigenvalue weighted by Crippen LogP contribution is -2.42. The maximum Gasteiger partial charge on any atom is 0.0406 e. The van der Waals surface area contributed by atoms with E-state index in [1.54, 1.807) is 0 Å². The number of benzene rings is 1. The average Bonchev–Trinajstić information content (AvgIpc) is 2.97. The van der Waals surface area contributed by atoms with Crippen LogP contribution in [0, 0.1) is 5.41 Å². The van der Waals surface area contributed by atoms with Gasteiger partial charge in [-0.25, -0.2) is 0 Å². The molecule has 0 atom stereocenters. The van der Waals surface area contributed by atoms with Gasteiger partial charge in [0.05, 0.1) is 0 Å². The van der Waals surface area contributed by atoms with E-state index >= 15 is 0 Å². The Balaban J connectivity index is 1.46. The first kappa shape index (κ1) is 11.6. The molecule has 0 saturated heterocycles. The molecule has 1 aromatic rings. The molecule has 0 amide bonds. The predicted octanol–water partition coefficient (Wildman–Crippen LogP) is 3.98. The Bertz CT molecular complexity index is 388. The normalized spacial score (nSPS) is 29.8. The van der Waals surface area contributed by atoms with Gasteiger partial charge >= 0.3 is 0 Å². The molecule has 1 nitrogen and oxygen atoms in total. The third kappa shape index (κ3) is 2.66. The van der Waals surface area contributed by atoms with E-state index in [0.717, 1.165) is 17.0 Å². The van der Waals surface area contributed by atoms with Gasteiger partial charge < -0.3 is 5.32 Å². The second kappa shape index (κ2) is 4.29. The topological polar surface area (TPSA) is 12.0 Å². The van der Waals surface area contributed by atoms with Crippen LogP contribution < -0.4 is 5.32 Å². The van der Waals surface area contributed by atoms with E-state index in [1.165, 1.54) is 37.8 Å².